The van der Waals surface area contributed by atoms with Crippen molar-refractivity contribution in [2.24, 2.45) is 0 Å². The highest BCUT2D eigenvalue weighted by Crippen LogP contribution is 2.12. The van der Waals surface area contributed by atoms with Crippen molar-refractivity contribution < 1.29 is 14.3 Å². The number of carbonyl (C=O) groups is 1. The van der Waals surface area contributed by atoms with E-state index in [0.717, 1.165) is 17.5 Å². The first-order valence-corrected chi connectivity index (χ1v) is 6.63. The van der Waals surface area contributed by atoms with Gasteiger partial charge in [-0.1, -0.05) is 23.8 Å². The first-order valence-electron chi connectivity index (χ1n) is 6.63. The molecule has 0 fully saturated rings. The van der Waals surface area contributed by atoms with Gasteiger partial charge >= 0.3 is 5.97 Å². The topological polar surface area (TPSA) is 35.5 Å². The van der Waals surface area contributed by atoms with Crippen molar-refractivity contribution in [2.75, 3.05) is 19.8 Å². The van der Waals surface area contributed by atoms with Crippen LogP contribution in [0.3, 0.4) is 0 Å². The zero-order valence-corrected chi connectivity index (χ0v) is 11.9. The Kier molecular flexibility index (Phi) is 6.90. The van der Waals surface area contributed by atoms with Crippen molar-refractivity contribution in [3.63, 3.8) is 0 Å². The largest absolute Gasteiger partial charge is 0.462 e. The van der Waals surface area contributed by atoms with Gasteiger partial charge in [-0.05, 0) is 38.0 Å². The average Bonchev–Trinajstić information content (AvgIpc) is 2.37. The lowest BCUT2D eigenvalue weighted by Crippen LogP contribution is -2.05. The lowest BCUT2D eigenvalue weighted by atomic mass is 10.1. The van der Waals surface area contributed by atoms with E-state index in [9.17, 15) is 4.79 Å². The molecule has 0 aromatic heterocycles. The molecule has 0 saturated heterocycles. The predicted molar refractivity (Wildman–Crippen MR) is 77.0 cm³/mol. The fourth-order valence-electron chi connectivity index (χ4n) is 1.70. The summed E-state index contributed by atoms with van der Waals surface area (Å²) in [5.41, 5.74) is 3.41. The zero-order valence-electron chi connectivity index (χ0n) is 11.9. The van der Waals surface area contributed by atoms with Gasteiger partial charge in [0, 0.05) is 25.7 Å². The van der Waals surface area contributed by atoms with Crippen LogP contribution in [0.15, 0.2) is 24.3 Å². The second kappa shape index (κ2) is 8.48. The van der Waals surface area contributed by atoms with Gasteiger partial charge in [0.2, 0.25) is 0 Å². The molecular formula is C16H22O3. The summed E-state index contributed by atoms with van der Waals surface area (Å²) in [6.07, 6.45) is 4.00. The van der Waals surface area contributed by atoms with Gasteiger partial charge in [-0.2, -0.15) is 0 Å². The Balaban J connectivity index is 2.37. The number of esters is 1. The maximum Gasteiger partial charge on any atom is 0.330 e. The molecule has 0 N–H and O–H groups in total. The van der Waals surface area contributed by atoms with Crippen LogP contribution >= 0.6 is 0 Å². The molecule has 1 aromatic carbocycles. The van der Waals surface area contributed by atoms with Crippen molar-refractivity contribution in [3.05, 3.63) is 41.0 Å². The Morgan fingerprint density at radius 3 is 2.74 bits per heavy atom. The second-order valence-corrected chi connectivity index (χ2v) is 4.41. The van der Waals surface area contributed by atoms with Crippen LogP contribution in [0.5, 0.6) is 0 Å². The Hall–Kier alpha value is -1.61. The molecule has 1 rings (SSSR count). The molecule has 0 aliphatic carbocycles. The van der Waals surface area contributed by atoms with E-state index in [1.807, 2.05) is 32.9 Å². The van der Waals surface area contributed by atoms with Crippen LogP contribution in [0.25, 0.3) is 6.08 Å². The summed E-state index contributed by atoms with van der Waals surface area (Å²) < 4.78 is 10.2. The molecule has 0 aliphatic heterocycles. The number of hydrogen-bond donors (Lipinski definition) is 0. The number of aryl methyl sites for hydroxylation is 2. The van der Waals surface area contributed by atoms with E-state index in [-0.39, 0.29) is 5.97 Å². The van der Waals surface area contributed by atoms with E-state index < -0.39 is 0 Å². The van der Waals surface area contributed by atoms with Crippen LogP contribution in [0, 0.1) is 13.8 Å². The summed E-state index contributed by atoms with van der Waals surface area (Å²) in [5, 5.41) is 0. The highest BCUT2D eigenvalue weighted by molar-refractivity contribution is 5.87. The molecule has 0 spiro atoms. The molecule has 0 unspecified atom stereocenters. The van der Waals surface area contributed by atoms with Crippen molar-refractivity contribution in [1.29, 1.82) is 0 Å². The molecule has 3 heteroatoms. The summed E-state index contributed by atoms with van der Waals surface area (Å²) in [5.74, 6) is -0.309. The summed E-state index contributed by atoms with van der Waals surface area (Å²) in [7, 11) is 0. The smallest absolute Gasteiger partial charge is 0.330 e. The third kappa shape index (κ3) is 6.20. The fourth-order valence-corrected chi connectivity index (χ4v) is 1.70. The van der Waals surface area contributed by atoms with Crippen molar-refractivity contribution >= 4 is 12.0 Å². The predicted octanol–water partition coefficient (Wildman–Crippen LogP) is 3.29. The van der Waals surface area contributed by atoms with Crippen molar-refractivity contribution in [3.8, 4) is 0 Å². The zero-order chi connectivity index (χ0) is 14.1. The Labute approximate surface area is 115 Å². The van der Waals surface area contributed by atoms with Crippen molar-refractivity contribution in [1.82, 2.24) is 0 Å². The minimum Gasteiger partial charge on any atom is -0.462 e. The standard InChI is InChI=1S/C16H22O3/c1-4-18-10-5-11-19-16(17)9-8-15-7-6-13(2)12-14(15)3/h6-9,12H,4-5,10-11H2,1-3H3/b9-8+. The molecule has 0 atom stereocenters. The molecule has 1 aromatic rings. The van der Waals surface area contributed by atoms with Crippen LogP contribution in [0.4, 0.5) is 0 Å². The molecule has 0 radical (unpaired) electrons. The highest BCUT2D eigenvalue weighted by Gasteiger charge is 1.99. The second-order valence-electron chi connectivity index (χ2n) is 4.41. The minimum atomic E-state index is -0.309. The minimum absolute atomic E-state index is 0.309. The number of ether oxygens (including phenoxy) is 2. The maximum atomic E-state index is 11.5. The van der Waals surface area contributed by atoms with Gasteiger partial charge in [0.15, 0.2) is 0 Å². The monoisotopic (exact) mass is 262 g/mol. The van der Waals surface area contributed by atoms with Gasteiger partial charge in [0.05, 0.1) is 6.61 Å². The number of benzene rings is 1. The van der Waals surface area contributed by atoms with Gasteiger partial charge in [0.1, 0.15) is 0 Å². The Morgan fingerprint density at radius 1 is 1.26 bits per heavy atom. The van der Waals surface area contributed by atoms with Crippen LogP contribution in [0.1, 0.15) is 30.0 Å². The summed E-state index contributed by atoms with van der Waals surface area (Å²) in [6, 6.07) is 6.12. The van der Waals surface area contributed by atoms with E-state index in [2.05, 4.69) is 6.07 Å². The molecule has 104 valence electrons. The summed E-state index contributed by atoms with van der Waals surface area (Å²) in [4.78, 5) is 11.5. The SMILES string of the molecule is CCOCCCOC(=O)/C=C/c1ccc(C)cc1C. The fraction of sp³-hybridized carbons (Fsp3) is 0.438. The molecule has 0 amide bonds. The maximum absolute atomic E-state index is 11.5. The van der Waals surface area contributed by atoms with Crippen molar-refractivity contribution in [2.45, 2.75) is 27.2 Å². The first-order chi connectivity index (χ1) is 9.13. The number of rotatable bonds is 7. The van der Waals surface area contributed by atoms with Gasteiger partial charge < -0.3 is 9.47 Å². The van der Waals surface area contributed by atoms with Crippen LogP contribution < -0.4 is 0 Å². The Bertz CT molecular complexity index is 436. The van der Waals surface area contributed by atoms with E-state index in [1.165, 1.54) is 11.6 Å². The highest BCUT2D eigenvalue weighted by atomic mass is 16.5. The third-order valence-corrected chi connectivity index (χ3v) is 2.71. The quantitative estimate of drug-likeness (QED) is 0.430. The molecule has 0 aliphatic rings. The first kappa shape index (κ1) is 15.4. The summed E-state index contributed by atoms with van der Waals surface area (Å²) >= 11 is 0. The molecule has 0 saturated carbocycles. The summed E-state index contributed by atoms with van der Waals surface area (Å²) in [6.45, 7) is 7.74. The molecule has 19 heavy (non-hydrogen) atoms. The molecular weight excluding hydrogens is 240 g/mol. The lowest BCUT2D eigenvalue weighted by molar-refractivity contribution is -0.138. The normalized spacial score (nSPS) is 10.9. The number of carbonyl (C=O) groups excluding carboxylic acids is 1. The van der Waals surface area contributed by atoms with Gasteiger partial charge in [-0.15, -0.1) is 0 Å². The van der Waals surface area contributed by atoms with E-state index in [1.54, 1.807) is 6.08 Å². The molecule has 0 heterocycles. The van der Waals surface area contributed by atoms with Crippen LogP contribution in [-0.2, 0) is 14.3 Å². The molecule has 3 nitrogen and oxygen atoms in total. The van der Waals surface area contributed by atoms with Gasteiger partial charge in [-0.25, -0.2) is 4.79 Å². The van der Waals surface area contributed by atoms with Crippen LogP contribution in [0.2, 0.25) is 0 Å². The lowest BCUT2D eigenvalue weighted by Gasteiger charge is -2.03. The van der Waals surface area contributed by atoms with Gasteiger partial charge in [-0.3, -0.25) is 0 Å². The van der Waals surface area contributed by atoms with E-state index in [4.69, 9.17) is 9.47 Å². The average molecular weight is 262 g/mol. The van der Waals surface area contributed by atoms with E-state index in [0.29, 0.717) is 19.8 Å². The van der Waals surface area contributed by atoms with E-state index >= 15 is 0 Å². The third-order valence-electron chi connectivity index (χ3n) is 2.71. The number of hydrogen-bond acceptors (Lipinski definition) is 3. The van der Waals surface area contributed by atoms with Crippen LogP contribution in [-0.4, -0.2) is 25.8 Å². The van der Waals surface area contributed by atoms with Gasteiger partial charge in [0.25, 0.3) is 0 Å². The Morgan fingerprint density at radius 2 is 2.05 bits per heavy atom. The molecule has 0 bridgehead atoms.